The zero-order chi connectivity index (χ0) is 25.8. The molecule has 0 amide bonds. The van der Waals surface area contributed by atoms with Crippen LogP contribution in [0.1, 0.15) is 99.8 Å². The summed E-state index contributed by atoms with van der Waals surface area (Å²) in [5.41, 5.74) is -0.313. The maximum Gasteiger partial charge on any atom is 0.178 e. The highest BCUT2D eigenvalue weighted by Crippen LogP contribution is 2.75. The van der Waals surface area contributed by atoms with Crippen LogP contribution in [0.2, 0.25) is 0 Å². The molecule has 3 heteroatoms. The van der Waals surface area contributed by atoms with Gasteiger partial charge in [-0.1, -0.05) is 60.6 Å². The number of carbonyl (C=O) groups excluding carboxylic acids is 2. The molecule has 5 rings (SSSR count). The van der Waals surface area contributed by atoms with Gasteiger partial charge >= 0.3 is 0 Å². The minimum atomic E-state index is -0.575. The molecule has 0 bridgehead atoms. The fourth-order valence-electron chi connectivity index (χ4n) is 10.7. The summed E-state index contributed by atoms with van der Waals surface area (Å²) in [4.78, 5) is 27.6. The molecule has 0 aliphatic heterocycles. The van der Waals surface area contributed by atoms with Crippen LogP contribution in [-0.2, 0) is 9.59 Å². The van der Waals surface area contributed by atoms with Gasteiger partial charge in [0.2, 0.25) is 0 Å². The van der Waals surface area contributed by atoms with Crippen LogP contribution in [0, 0.1) is 67.5 Å². The number of rotatable bonds is 1. The molecule has 0 saturated heterocycles. The average molecular weight is 476 g/mol. The first-order chi connectivity index (χ1) is 16.1. The topological polar surface area (TPSA) is 57.9 Å². The molecule has 2 unspecified atom stereocenters. The molecular weight excluding hydrogens is 430 g/mol. The molecule has 0 N–H and O–H groups in total. The zero-order valence-electron chi connectivity index (χ0n) is 23.1. The summed E-state index contributed by atoms with van der Waals surface area (Å²) in [7, 11) is 0. The molecule has 0 aromatic rings. The van der Waals surface area contributed by atoms with Gasteiger partial charge in [0, 0.05) is 17.8 Å². The van der Waals surface area contributed by atoms with E-state index in [1.807, 2.05) is 19.9 Å². The van der Waals surface area contributed by atoms with Gasteiger partial charge in [-0.2, -0.15) is 5.26 Å². The number of allylic oxidation sites excluding steroid dienone is 3. The maximum atomic E-state index is 14.4. The summed E-state index contributed by atoms with van der Waals surface area (Å²) in [5.74, 6) is 1.18. The Kier molecular flexibility index (Phi) is 5.14. The van der Waals surface area contributed by atoms with Crippen LogP contribution in [0.3, 0.4) is 0 Å². The van der Waals surface area contributed by atoms with Gasteiger partial charge in [0.15, 0.2) is 5.78 Å². The van der Waals surface area contributed by atoms with Crippen LogP contribution in [0.5, 0.6) is 0 Å². The largest absolute Gasteiger partial charge is 0.299 e. The van der Waals surface area contributed by atoms with Gasteiger partial charge in [0.25, 0.3) is 0 Å². The van der Waals surface area contributed by atoms with Gasteiger partial charge in [-0.25, -0.2) is 0 Å². The Morgan fingerprint density at radius 3 is 2.23 bits per heavy atom. The van der Waals surface area contributed by atoms with Crippen molar-refractivity contribution in [3.63, 3.8) is 0 Å². The fraction of sp³-hybridized carbons (Fsp3) is 0.781. The van der Waals surface area contributed by atoms with Gasteiger partial charge in [-0.3, -0.25) is 9.59 Å². The predicted octanol–water partition coefficient (Wildman–Crippen LogP) is 7.47. The van der Waals surface area contributed by atoms with Crippen molar-refractivity contribution >= 4 is 11.6 Å². The molecule has 8 atom stereocenters. The van der Waals surface area contributed by atoms with E-state index in [9.17, 15) is 14.9 Å². The summed E-state index contributed by atoms with van der Waals surface area (Å²) in [6.07, 6.45) is 12.5. The first kappa shape index (κ1) is 25.0. The third-order valence-corrected chi connectivity index (χ3v) is 12.9. The molecule has 0 aromatic heterocycles. The third-order valence-electron chi connectivity index (χ3n) is 12.9. The average Bonchev–Trinajstić information content (AvgIpc) is 2.77. The fourth-order valence-corrected chi connectivity index (χ4v) is 10.7. The Morgan fingerprint density at radius 2 is 1.60 bits per heavy atom. The van der Waals surface area contributed by atoms with E-state index in [4.69, 9.17) is 0 Å². The molecular formula is C32H45NO2. The molecule has 0 radical (unpaired) electrons. The van der Waals surface area contributed by atoms with Crippen molar-refractivity contribution < 1.29 is 9.59 Å². The van der Waals surface area contributed by atoms with Gasteiger partial charge in [0.05, 0.1) is 5.57 Å². The van der Waals surface area contributed by atoms with Crippen molar-refractivity contribution in [2.75, 3.05) is 0 Å². The number of ketones is 2. The van der Waals surface area contributed by atoms with Crippen LogP contribution >= 0.6 is 0 Å². The van der Waals surface area contributed by atoms with E-state index in [0.29, 0.717) is 23.7 Å². The quantitative estimate of drug-likeness (QED) is 0.370. The van der Waals surface area contributed by atoms with Gasteiger partial charge in [-0.15, -0.1) is 6.58 Å². The lowest BCUT2D eigenvalue weighted by Crippen LogP contribution is -2.68. The smallest absolute Gasteiger partial charge is 0.178 e. The van der Waals surface area contributed by atoms with E-state index in [0.717, 1.165) is 38.5 Å². The SMILES string of the molecule is C=C[C@]12CCC(C)(C)CC1C1C(=O)C[C@@H]3[C@@]4(C)C=C(C#N)C(=O)C(C)(C)[C@@H]4CC[C@@]3(C)[C@]1(C)CC2. The van der Waals surface area contributed by atoms with Crippen molar-refractivity contribution in [3.8, 4) is 6.07 Å². The first-order valence-electron chi connectivity index (χ1n) is 14.0. The molecule has 4 saturated carbocycles. The summed E-state index contributed by atoms with van der Waals surface area (Å²) < 4.78 is 0. The summed E-state index contributed by atoms with van der Waals surface area (Å²) >= 11 is 0. The molecule has 0 aromatic carbocycles. The number of nitriles is 1. The normalized spacial score (nSPS) is 49.9. The molecule has 3 nitrogen and oxygen atoms in total. The van der Waals surface area contributed by atoms with Crippen LogP contribution in [0.4, 0.5) is 0 Å². The maximum absolute atomic E-state index is 14.4. The molecule has 0 spiro atoms. The highest BCUT2D eigenvalue weighted by molar-refractivity contribution is 6.04. The second-order valence-electron chi connectivity index (χ2n) is 15.1. The number of nitrogens with zero attached hydrogens (tertiary/aromatic N) is 1. The minimum absolute atomic E-state index is 0.000714. The molecule has 0 heterocycles. The monoisotopic (exact) mass is 475 g/mol. The second-order valence-corrected chi connectivity index (χ2v) is 15.1. The number of carbonyl (C=O) groups is 2. The van der Waals surface area contributed by atoms with Crippen molar-refractivity contribution in [1.82, 2.24) is 0 Å². The van der Waals surface area contributed by atoms with Crippen molar-refractivity contribution in [2.24, 2.45) is 56.2 Å². The third kappa shape index (κ3) is 2.95. The second kappa shape index (κ2) is 7.20. The standard InChI is InChI=1S/C32H45NO2/c1-9-32-14-12-27(2,3)18-21(32)25-22(34)16-24-29(6)17-20(19-33)26(35)28(4,5)23(29)10-11-30(24,7)31(25,8)13-15-32/h9,17,21,23-25H,1,10-16,18H2,2-8H3/t21?,23-,24+,25?,29-,30+,31+,32+/m0/s1. The van der Waals surface area contributed by atoms with E-state index in [-0.39, 0.29) is 50.6 Å². The van der Waals surface area contributed by atoms with E-state index in [1.54, 1.807) is 0 Å². The molecule has 5 aliphatic carbocycles. The lowest BCUT2D eigenvalue weighted by atomic mass is 9.31. The Labute approximate surface area is 212 Å². The molecule has 190 valence electrons. The highest BCUT2D eigenvalue weighted by Gasteiger charge is 2.71. The summed E-state index contributed by atoms with van der Waals surface area (Å²) in [6, 6.07) is 2.23. The summed E-state index contributed by atoms with van der Waals surface area (Å²) in [6.45, 7) is 20.3. The van der Waals surface area contributed by atoms with E-state index in [2.05, 4.69) is 53.3 Å². The Morgan fingerprint density at radius 1 is 0.943 bits per heavy atom. The molecule has 35 heavy (non-hydrogen) atoms. The lowest BCUT2D eigenvalue weighted by Gasteiger charge is -2.71. The van der Waals surface area contributed by atoms with Crippen molar-refractivity contribution in [1.29, 1.82) is 5.26 Å². The van der Waals surface area contributed by atoms with Gasteiger partial charge < -0.3 is 0 Å². The van der Waals surface area contributed by atoms with E-state index in [1.165, 1.54) is 6.42 Å². The van der Waals surface area contributed by atoms with Crippen molar-refractivity contribution in [3.05, 3.63) is 24.3 Å². The Hall–Kier alpha value is -1.69. The van der Waals surface area contributed by atoms with Crippen molar-refractivity contribution in [2.45, 2.75) is 99.8 Å². The number of hydrogen-bond acceptors (Lipinski definition) is 3. The summed E-state index contributed by atoms with van der Waals surface area (Å²) in [5, 5.41) is 9.87. The lowest BCUT2D eigenvalue weighted by molar-refractivity contribution is -0.217. The number of Topliss-reactive ketones (excluding diaryl/α,β-unsaturated/α-hetero) is 2. The van der Waals surface area contributed by atoms with Crippen LogP contribution in [0.25, 0.3) is 0 Å². The predicted molar refractivity (Wildman–Crippen MR) is 139 cm³/mol. The Balaban J connectivity index is 1.64. The Bertz CT molecular complexity index is 1070. The molecule has 4 fully saturated rings. The minimum Gasteiger partial charge on any atom is -0.299 e. The zero-order valence-corrected chi connectivity index (χ0v) is 23.1. The van der Waals surface area contributed by atoms with Gasteiger partial charge in [-0.05, 0) is 89.8 Å². The highest BCUT2D eigenvalue weighted by atomic mass is 16.1. The van der Waals surface area contributed by atoms with Crippen LogP contribution < -0.4 is 0 Å². The number of hydrogen-bond donors (Lipinski definition) is 0. The van der Waals surface area contributed by atoms with E-state index >= 15 is 0 Å². The number of fused-ring (bicyclic) bond motifs is 7. The van der Waals surface area contributed by atoms with Crippen LogP contribution in [0.15, 0.2) is 24.3 Å². The molecule has 5 aliphatic rings. The van der Waals surface area contributed by atoms with E-state index < -0.39 is 5.41 Å². The van der Waals surface area contributed by atoms with Gasteiger partial charge in [0.1, 0.15) is 11.9 Å². The first-order valence-corrected chi connectivity index (χ1v) is 14.0. The van der Waals surface area contributed by atoms with Crippen LogP contribution in [-0.4, -0.2) is 11.6 Å².